The van der Waals surface area contributed by atoms with Gasteiger partial charge < -0.3 is 5.11 Å². The fourth-order valence-electron chi connectivity index (χ4n) is 0.873. The molecule has 5 heteroatoms. The van der Waals surface area contributed by atoms with E-state index in [4.69, 9.17) is 5.11 Å². The molecule has 0 fully saturated rings. The van der Waals surface area contributed by atoms with Crippen molar-refractivity contribution in [3.63, 3.8) is 0 Å². The zero-order chi connectivity index (χ0) is 10.1. The summed E-state index contributed by atoms with van der Waals surface area (Å²) in [6.45, 7) is 0. The van der Waals surface area contributed by atoms with Crippen LogP contribution in [0.5, 0.6) is 0 Å². The summed E-state index contributed by atoms with van der Waals surface area (Å²) in [6.07, 6.45) is -7.59. The lowest BCUT2D eigenvalue weighted by molar-refractivity contribution is -0.207. The van der Waals surface area contributed by atoms with Crippen LogP contribution in [0.4, 0.5) is 17.6 Å². The lowest BCUT2D eigenvalue weighted by Gasteiger charge is -2.14. The monoisotopic (exact) mass is 194 g/mol. The Morgan fingerprint density at radius 1 is 1.15 bits per heavy atom. The van der Waals surface area contributed by atoms with E-state index in [0.29, 0.717) is 0 Å². The fraction of sp³-hybridized carbons (Fsp3) is 0.250. The average molecular weight is 194 g/mol. The van der Waals surface area contributed by atoms with Crippen molar-refractivity contribution in [1.82, 2.24) is 0 Å². The Balaban J connectivity index is 3.02. The summed E-state index contributed by atoms with van der Waals surface area (Å²) < 4.78 is 48.4. The van der Waals surface area contributed by atoms with E-state index in [0.717, 1.165) is 12.1 Å². The van der Waals surface area contributed by atoms with Crippen LogP contribution in [0, 0.1) is 5.82 Å². The van der Waals surface area contributed by atoms with E-state index in [9.17, 15) is 17.6 Å². The standard InChI is InChI=1S/C8H6F4O/c9-6-4-2-1-3-5(6)7(13)8(10,11)12/h1-4,7,13H/t7-/m1/s1. The summed E-state index contributed by atoms with van der Waals surface area (Å²) in [6, 6.07) is 4.24. The molecule has 1 aromatic rings. The maximum absolute atomic E-state index is 12.7. The molecule has 0 saturated heterocycles. The number of benzene rings is 1. The van der Waals surface area contributed by atoms with E-state index >= 15 is 0 Å². The van der Waals surface area contributed by atoms with E-state index in [1.807, 2.05) is 0 Å². The van der Waals surface area contributed by atoms with Crippen LogP contribution in [0.1, 0.15) is 11.7 Å². The van der Waals surface area contributed by atoms with E-state index < -0.39 is 23.7 Å². The third kappa shape index (κ3) is 2.18. The lowest BCUT2D eigenvalue weighted by Crippen LogP contribution is -2.21. The van der Waals surface area contributed by atoms with Crippen molar-refractivity contribution >= 4 is 0 Å². The molecule has 0 bridgehead atoms. The fourth-order valence-corrected chi connectivity index (χ4v) is 0.873. The molecule has 0 spiro atoms. The lowest BCUT2D eigenvalue weighted by atomic mass is 10.1. The summed E-state index contributed by atoms with van der Waals surface area (Å²) in [5, 5.41) is 8.67. The van der Waals surface area contributed by atoms with Crippen molar-refractivity contribution in [3.05, 3.63) is 35.6 Å². The summed E-state index contributed by atoms with van der Waals surface area (Å²) in [5.74, 6) is -1.06. The SMILES string of the molecule is O[C@H](c1ccccc1F)C(F)(F)F. The van der Waals surface area contributed by atoms with Crippen LogP contribution in [0.15, 0.2) is 24.3 Å². The smallest absolute Gasteiger partial charge is 0.379 e. The summed E-state index contributed by atoms with van der Waals surface area (Å²) in [5.41, 5.74) is -0.755. The first kappa shape index (κ1) is 9.98. The van der Waals surface area contributed by atoms with Crippen LogP contribution in [-0.2, 0) is 0 Å². The first-order valence-electron chi connectivity index (χ1n) is 3.42. The van der Waals surface area contributed by atoms with Gasteiger partial charge in [-0.1, -0.05) is 18.2 Å². The minimum absolute atomic E-state index is 0.755. The largest absolute Gasteiger partial charge is 0.418 e. The van der Waals surface area contributed by atoms with E-state index in [1.54, 1.807) is 0 Å². The van der Waals surface area contributed by atoms with E-state index in [-0.39, 0.29) is 0 Å². The Bertz CT molecular complexity index is 294. The highest BCUT2D eigenvalue weighted by atomic mass is 19.4. The summed E-state index contributed by atoms with van der Waals surface area (Å²) in [7, 11) is 0. The van der Waals surface area contributed by atoms with Gasteiger partial charge in [-0.2, -0.15) is 13.2 Å². The minimum atomic E-state index is -4.83. The van der Waals surface area contributed by atoms with Gasteiger partial charge in [0.1, 0.15) is 5.82 Å². The van der Waals surface area contributed by atoms with Crippen molar-refractivity contribution in [2.45, 2.75) is 12.3 Å². The van der Waals surface area contributed by atoms with Crippen LogP contribution in [-0.4, -0.2) is 11.3 Å². The van der Waals surface area contributed by atoms with Crippen molar-refractivity contribution < 1.29 is 22.7 Å². The molecule has 0 aliphatic heterocycles. The highest BCUT2D eigenvalue weighted by Crippen LogP contribution is 2.33. The maximum atomic E-state index is 12.7. The van der Waals surface area contributed by atoms with E-state index in [1.165, 1.54) is 12.1 Å². The van der Waals surface area contributed by atoms with E-state index in [2.05, 4.69) is 0 Å². The Labute approximate surface area is 71.6 Å². The second-order valence-electron chi connectivity index (χ2n) is 2.47. The van der Waals surface area contributed by atoms with Gasteiger partial charge in [-0.05, 0) is 6.07 Å². The molecule has 13 heavy (non-hydrogen) atoms. The molecule has 72 valence electrons. The molecule has 0 aliphatic rings. The Morgan fingerprint density at radius 2 is 1.69 bits per heavy atom. The highest BCUT2D eigenvalue weighted by molar-refractivity contribution is 5.20. The Morgan fingerprint density at radius 3 is 2.15 bits per heavy atom. The molecule has 0 unspecified atom stereocenters. The summed E-state index contributed by atoms with van der Waals surface area (Å²) in [4.78, 5) is 0. The van der Waals surface area contributed by atoms with Crippen molar-refractivity contribution in [2.75, 3.05) is 0 Å². The first-order chi connectivity index (χ1) is 5.93. The zero-order valence-electron chi connectivity index (χ0n) is 6.35. The second-order valence-corrected chi connectivity index (χ2v) is 2.47. The average Bonchev–Trinajstić information content (AvgIpc) is 2.02. The third-order valence-corrected chi connectivity index (χ3v) is 1.51. The molecular weight excluding hydrogens is 188 g/mol. The number of halogens is 4. The topological polar surface area (TPSA) is 20.2 Å². The molecule has 0 aromatic heterocycles. The summed E-state index contributed by atoms with van der Waals surface area (Å²) >= 11 is 0. The highest BCUT2D eigenvalue weighted by Gasteiger charge is 2.40. The predicted molar refractivity (Wildman–Crippen MR) is 37.4 cm³/mol. The Kier molecular flexibility index (Phi) is 2.56. The van der Waals surface area contributed by atoms with Crippen LogP contribution in [0.25, 0.3) is 0 Å². The maximum Gasteiger partial charge on any atom is 0.418 e. The molecule has 0 amide bonds. The molecule has 0 aliphatic carbocycles. The van der Waals surface area contributed by atoms with Crippen LogP contribution >= 0.6 is 0 Å². The van der Waals surface area contributed by atoms with Gasteiger partial charge in [0.15, 0.2) is 6.10 Å². The second kappa shape index (κ2) is 3.33. The molecule has 1 nitrogen and oxygen atoms in total. The molecule has 0 radical (unpaired) electrons. The quantitative estimate of drug-likeness (QED) is 0.680. The third-order valence-electron chi connectivity index (χ3n) is 1.51. The number of rotatable bonds is 1. The molecule has 1 aromatic carbocycles. The molecule has 1 atom stereocenters. The number of hydrogen-bond donors (Lipinski definition) is 1. The van der Waals surface area contributed by atoms with Gasteiger partial charge in [0.2, 0.25) is 0 Å². The molecule has 0 heterocycles. The van der Waals surface area contributed by atoms with Gasteiger partial charge in [0, 0.05) is 5.56 Å². The number of aliphatic hydroxyl groups excluding tert-OH is 1. The van der Waals surface area contributed by atoms with Crippen LogP contribution in [0.2, 0.25) is 0 Å². The predicted octanol–water partition coefficient (Wildman–Crippen LogP) is 2.42. The minimum Gasteiger partial charge on any atom is -0.379 e. The first-order valence-corrected chi connectivity index (χ1v) is 3.42. The van der Waals surface area contributed by atoms with Gasteiger partial charge in [0.25, 0.3) is 0 Å². The molecular formula is C8H6F4O. The number of aliphatic hydroxyl groups is 1. The van der Waals surface area contributed by atoms with Gasteiger partial charge in [0.05, 0.1) is 0 Å². The molecule has 0 saturated carbocycles. The Hall–Kier alpha value is -1.10. The van der Waals surface area contributed by atoms with Gasteiger partial charge in [-0.3, -0.25) is 0 Å². The molecule has 1 N–H and O–H groups in total. The van der Waals surface area contributed by atoms with Crippen LogP contribution in [0.3, 0.4) is 0 Å². The normalized spacial score (nSPS) is 14.2. The van der Waals surface area contributed by atoms with Crippen molar-refractivity contribution in [2.24, 2.45) is 0 Å². The number of hydrogen-bond acceptors (Lipinski definition) is 1. The van der Waals surface area contributed by atoms with Crippen molar-refractivity contribution in [1.29, 1.82) is 0 Å². The van der Waals surface area contributed by atoms with Gasteiger partial charge in [-0.15, -0.1) is 0 Å². The zero-order valence-corrected chi connectivity index (χ0v) is 6.35. The molecule has 1 rings (SSSR count). The van der Waals surface area contributed by atoms with Gasteiger partial charge in [-0.25, -0.2) is 4.39 Å². The number of alkyl halides is 3. The van der Waals surface area contributed by atoms with Crippen molar-refractivity contribution in [3.8, 4) is 0 Å². The van der Waals surface area contributed by atoms with Gasteiger partial charge >= 0.3 is 6.18 Å². The van der Waals surface area contributed by atoms with Crippen LogP contribution < -0.4 is 0 Å².